The first-order chi connectivity index (χ1) is 13.0. The molecule has 2 aromatic heterocycles. The Hall–Kier alpha value is -2.29. The van der Waals surface area contributed by atoms with Gasteiger partial charge in [0.15, 0.2) is 6.61 Å². The van der Waals surface area contributed by atoms with E-state index in [4.69, 9.17) is 20.8 Å². The Morgan fingerprint density at radius 1 is 1.26 bits per heavy atom. The number of aromatic nitrogens is 2. The van der Waals surface area contributed by atoms with Gasteiger partial charge in [0.25, 0.3) is 5.89 Å². The molecular formula is C18H9BrClFN2O3S. The molecule has 0 amide bonds. The minimum atomic E-state index is -0.637. The van der Waals surface area contributed by atoms with Gasteiger partial charge in [0.2, 0.25) is 5.89 Å². The van der Waals surface area contributed by atoms with Gasteiger partial charge in [-0.1, -0.05) is 23.7 Å². The molecule has 0 unspecified atom stereocenters. The van der Waals surface area contributed by atoms with Gasteiger partial charge < -0.3 is 9.15 Å². The van der Waals surface area contributed by atoms with Gasteiger partial charge in [0.1, 0.15) is 10.7 Å². The second-order valence-corrected chi connectivity index (χ2v) is 7.73. The standard InChI is InChI=1S/C18H9BrClFN2O3S/c19-12-4-2-1-3-10(12)17-23-22-14(26-17)8-25-18(24)16-15(20)11-6-5-9(21)7-13(11)27-16/h1-7H,8H2. The number of hydrogen-bond acceptors (Lipinski definition) is 6. The van der Waals surface area contributed by atoms with Gasteiger partial charge in [-0.05, 0) is 46.3 Å². The van der Waals surface area contributed by atoms with Crippen molar-refractivity contribution < 1.29 is 18.3 Å². The summed E-state index contributed by atoms with van der Waals surface area (Å²) in [5.41, 5.74) is 0.733. The first kappa shape index (κ1) is 18.1. The Balaban J connectivity index is 1.50. The molecule has 0 spiro atoms. The molecule has 0 aliphatic heterocycles. The number of fused-ring (bicyclic) bond motifs is 1. The number of nitrogens with zero attached hydrogens (tertiary/aromatic N) is 2. The van der Waals surface area contributed by atoms with Crippen LogP contribution in [0.5, 0.6) is 0 Å². The highest BCUT2D eigenvalue weighted by molar-refractivity contribution is 9.10. The molecule has 0 saturated carbocycles. The number of rotatable bonds is 4. The molecule has 136 valence electrons. The average Bonchev–Trinajstić information content (AvgIpc) is 3.25. The van der Waals surface area contributed by atoms with Crippen molar-refractivity contribution >= 4 is 54.9 Å². The van der Waals surface area contributed by atoms with E-state index in [2.05, 4.69) is 26.1 Å². The van der Waals surface area contributed by atoms with Crippen LogP contribution >= 0.6 is 38.9 Å². The van der Waals surface area contributed by atoms with Crippen LogP contribution < -0.4 is 0 Å². The Bertz CT molecular complexity index is 1160. The second kappa shape index (κ2) is 7.38. The predicted octanol–water partition coefficient (Wildman–Crippen LogP) is 5.86. The maximum atomic E-state index is 13.3. The lowest BCUT2D eigenvalue weighted by Gasteiger charge is -2.00. The van der Waals surface area contributed by atoms with Crippen molar-refractivity contribution in [1.29, 1.82) is 0 Å². The molecule has 0 N–H and O–H groups in total. The van der Waals surface area contributed by atoms with Gasteiger partial charge >= 0.3 is 5.97 Å². The van der Waals surface area contributed by atoms with E-state index in [1.54, 1.807) is 0 Å². The highest BCUT2D eigenvalue weighted by Crippen LogP contribution is 2.36. The van der Waals surface area contributed by atoms with Crippen LogP contribution in [-0.4, -0.2) is 16.2 Å². The van der Waals surface area contributed by atoms with Crippen molar-refractivity contribution in [2.24, 2.45) is 0 Å². The number of benzene rings is 2. The fourth-order valence-corrected chi connectivity index (χ4v) is 4.30. The summed E-state index contributed by atoms with van der Waals surface area (Å²) >= 11 is 10.7. The van der Waals surface area contributed by atoms with Crippen LogP contribution in [0.1, 0.15) is 15.6 Å². The molecule has 0 bridgehead atoms. The molecule has 0 aliphatic rings. The topological polar surface area (TPSA) is 65.2 Å². The molecule has 0 saturated heterocycles. The molecule has 4 rings (SSSR count). The summed E-state index contributed by atoms with van der Waals surface area (Å²) in [6.45, 7) is -0.199. The first-order valence-corrected chi connectivity index (χ1v) is 9.63. The van der Waals surface area contributed by atoms with Gasteiger partial charge in [-0.25, -0.2) is 9.18 Å². The summed E-state index contributed by atoms with van der Waals surface area (Å²) in [7, 11) is 0. The largest absolute Gasteiger partial charge is 0.451 e. The maximum Gasteiger partial charge on any atom is 0.350 e. The van der Waals surface area contributed by atoms with Crippen LogP contribution in [0, 0.1) is 5.82 Å². The number of esters is 1. The summed E-state index contributed by atoms with van der Waals surface area (Å²) in [6.07, 6.45) is 0. The molecule has 2 heterocycles. The van der Waals surface area contributed by atoms with Crippen molar-refractivity contribution in [3.8, 4) is 11.5 Å². The van der Waals surface area contributed by atoms with Gasteiger partial charge in [-0.2, -0.15) is 0 Å². The average molecular weight is 468 g/mol. The van der Waals surface area contributed by atoms with Gasteiger partial charge in [0.05, 0.1) is 10.6 Å². The third-order valence-corrected chi connectivity index (χ3v) is 6.00. The minimum Gasteiger partial charge on any atom is -0.451 e. The van der Waals surface area contributed by atoms with Crippen LogP contribution in [0.2, 0.25) is 5.02 Å². The highest BCUT2D eigenvalue weighted by atomic mass is 79.9. The monoisotopic (exact) mass is 466 g/mol. The van der Waals surface area contributed by atoms with Crippen molar-refractivity contribution in [1.82, 2.24) is 10.2 Å². The fraction of sp³-hybridized carbons (Fsp3) is 0.0556. The van der Waals surface area contributed by atoms with E-state index < -0.39 is 11.8 Å². The number of carbonyl (C=O) groups is 1. The Morgan fingerprint density at radius 3 is 2.89 bits per heavy atom. The molecule has 4 aromatic rings. The summed E-state index contributed by atoms with van der Waals surface area (Å²) < 4.78 is 25.5. The van der Waals surface area contributed by atoms with Crippen molar-refractivity contribution in [2.75, 3.05) is 0 Å². The summed E-state index contributed by atoms with van der Waals surface area (Å²) in [4.78, 5) is 12.5. The lowest BCUT2D eigenvalue weighted by molar-refractivity contribution is 0.0445. The van der Waals surface area contributed by atoms with Gasteiger partial charge in [-0.15, -0.1) is 21.5 Å². The third-order valence-electron chi connectivity index (χ3n) is 3.67. The van der Waals surface area contributed by atoms with Crippen LogP contribution in [0.15, 0.2) is 51.4 Å². The molecule has 9 heteroatoms. The zero-order valence-electron chi connectivity index (χ0n) is 13.4. The lowest BCUT2D eigenvalue weighted by Crippen LogP contribution is -2.04. The predicted molar refractivity (Wildman–Crippen MR) is 103 cm³/mol. The SMILES string of the molecule is O=C(OCc1nnc(-c2ccccc2Br)o1)c1sc2cc(F)ccc2c1Cl. The van der Waals surface area contributed by atoms with Crippen LogP contribution in [-0.2, 0) is 11.3 Å². The number of hydrogen-bond donors (Lipinski definition) is 0. The van der Waals surface area contributed by atoms with E-state index >= 15 is 0 Å². The van der Waals surface area contributed by atoms with Crippen LogP contribution in [0.3, 0.4) is 0 Å². The molecular weight excluding hydrogens is 459 g/mol. The number of thiophene rings is 1. The lowest BCUT2D eigenvalue weighted by atomic mass is 10.2. The fourth-order valence-electron chi connectivity index (χ4n) is 2.42. The Morgan fingerprint density at radius 2 is 2.07 bits per heavy atom. The summed E-state index contributed by atoms with van der Waals surface area (Å²) in [6, 6.07) is 11.5. The number of ether oxygens (including phenoxy) is 1. The molecule has 0 fully saturated rings. The normalized spacial score (nSPS) is 11.1. The smallest absolute Gasteiger partial charge is 0.350 e. The quantitative estimate of drug-likeness (QED) is 0.352. The van der Waals surface area contributed by atoms with E-state index in [-0.39, 0.29) is 22.4 Å². The Labute approximate surface area is 169 Å². The zero-order chi connectivity index (χ0) is 19.0. The summed E-state index contributed by atoms with van der Waals surface area (Å²) in [5.74, 6) is -0.575. The third kappa shape index (κ3) is 3.60. The number of carbonyl (C=O) groups excluding carboxylic acids is 1. The molecule has 2 aromatic carbocycles. The van der Waals surface area contributed by atoms with Gasteiger partial charge in [-0.3, -0.25) is 0 Å². The molecule has 0 atom stereocenters. The van der Waals surface area contributed by atoms with E-state index in [1.807, 2.05) is 24.3 Å². The number of halogens is 3. The Kier molecular flexibility index (Phi) is 4.94. The minimum absolute atomic E-state index is 0.150. The van der Waals surface area contributed by atoms with E-state index in [0.29, 0.717) is 16.0 Å². The molecule has 0 radical (unpaired) electrons. The molecule has 27 heavy (non-hydrogen) atoms. The molecule has 5 nitrogen and oxygen atoms in total. The van der Waals surface area contributed by atoms with Gasteiger partial charge in [0, 0.05) is 14.6 Å². The summed E-state index contributed by atoms with van der Waals surface area (Å²) in [5, 5.41) is 8.68. The second-order valence-electron chi connectivity index (χ2n) is 5.44. The van der Waals surface area contributed by atoms with Crippen LogP contribution in [0.4, 0.5) is 4.39 Å². The van der Waals surface area contributed by atoms with Crippen molar-refractivity contribution in [2.45, 2.75) is 6.61 Å². The van der Waals surface area contributed by atoms with E-state index in [1.165, 1.54) is 18.2 Å². The van der Waals surface area contributed by atoms with E-state index in [9.17, 15) is 9.18 Å². The molecule has 0 aliphatic carbocycles. The van der Waals surface area contributed by atoms with Crippen LogP contribution in [0.25, 0.3) is 21.5 Å². The highest BCUT2D eigenvalue weighted by Gasteiger charge is 2.20. The zero-order valence-corrected chi connectivity index (χ0v) is 16.6. The maximum absolute atomic E-state index is 13.3. The first-order valence-electron chi connectivity index (χ1n) is 7.65. The van der Waals surface area contributed by atoms with Crippen molar-refractivity contribution in [3.63, 3.8) is 0 Å². The van der Waals surface area contributed by atoms with Crippen molar-refractivity contribution in [3.05, 3.63) is 68.5 Å². The van der Waals surface area contributed by atoms with E-state index in [0.717, 1.165) is 21.4 Å².